The van der Waals surface area contributed by atoms with E-state index >= 15 is 0 Å². The average Bonchev–Trinajstić information content (AvgIpc) is 2.38. The van der Waals surface area contributed by atoms with Crippen LogP contribution in [0.1, 0.15) is 11.3 Å². The lowest BCUT2D eigenvalue weighted by atomic mass is 10.1. The summed E-state index contributed by atoms with van der Waals surface area (Å²) in [6.07, 6.45) is 1.69. The van der Waals surface area contributed by atoms with Crippen molar-refractivity contribution in [3.05, 3.63) is 23.5 Å². The molecule has 5 heteroatoms. The molecule has 0 spiro atoms. The number of aliphatic hydroxyl groups is 2. The minimum Gasteiger partial charge on any atom is -0.394 e. The maximum absolute atomic E-state index is 9.36. The Hall–Kier alpha value is -1.17. The third-order valence-corrected chi connectivity index (χ3v) is 3.02. The van der Waals surface area contributed by atoms with E-state index in [1.54, 1.807) is 6.20 Å². The molecule has 1 aromatic rings. The first-order valence-electron chi connectivity index (χ1n) is 5.78. The smallest absolute Gasteiger partial charge is 0.0755 e. The first-order chi connectivity index (χ1) is 8.26. The van der Waals surface area contributed by atoms with Crippen molar-refractivity contribution in [1.82, 2.24) is 4.98 Å². The van der Waals surface area contributed by atoms with Crippen molar-refractivity contribution in [1.29, 1.82) is 0 Å². The van der Waals surface area contributed by atoms with Gasteiger partial charge in [0.2, 0.25) is 0 Å². The molecular formula is C12H18N2O3. The lowest BCUT2D eigenvalue weighted by Gasteiger charge is -2.37. The van der Waals surface area contributed by atoms with E-state index < -0.39 is 0 Å². The second kappa shape index (κ2) is 5.44. The van der Waals surface area contributed by atoms with Crippen molar-refractivity contribution in [3.8, 4) is 0 Å². The monoisotopic (exact) mass is 238 g/mol. The largest absolute Gasteiger partial charge is 0.394 e. The average molecular weight is 238 g/mol. The molecule has 2 heterocycles. The Labute approximate surface area is 101 Å². The molecule has 0 amide bonds. The summed E-state index contributed by atoms with van der Waals surface area (Å²) < 4.78 is 5.35. The highest BCUT2D eigenvalue weighted by molar-refractivity contribution is 5.54. The van der Waals surface area contributed by atoms with Crippen LogP contribution in [-0.2, 0) is 11.3 Å². The molecule has 2 N–H and O–H groups in total. The Kier molecular flexibility index (Phi) is 3.93. The zero-order chi connectivity index (χ0) is 12.3. The SMILES string of the molecule is Cc1cc(N2CCOCC2CO)c(CO)cn1. The van der Waals surface area contributed by atoms with Crippen LogP contribution < -0.4 is 4.90 Å². The van der Waals surface area contributed by atoms with E-state index in [9.17, 15) is 10.2 Å². The minimum absolute atomic E-state index is 0.0435. The summed E-state index contributed by atoms with van der Waals surface area (Å²) in [5, 5.41) is 18.7. The van der Waals surface area contributed by atoms with Gasteiger partial charge < -0.3 is 19.8 Å². The summed E-state index contributed by atoms with van der Waals surface area (Å²) >= 11 is 0. The van der Waals surface area contributed by atoms with Crippen molar-refractivity contribution in [2.75, 3.05) is 31.3 Å². The predicted molar refractivity (Wildman–Crippen MR) is 63.9 cm³/mol. The number of morpholine rings is 1. The van der Waals surface area contributed by atoms with Gasteiger partial charge in [-0.25, -0.2) is 0 Å². The number of aromatic nitrogens is 1. The maximum Gasteiger partial charge on any atom is 0.0755 e. The van der Waals surface area contributed by atoms with Gasteiger partial charge in [-0.05, 0) is 13.0 Å². The van der Waals surface area contributed by atoms with Crippen molar-refractivity contribution in [2.24, 2.45) is 0 Å². The van der Waals surface area contributed by atoms with Crippen molar-refractivity contribution >= 4 is 5.69 Å². The second-order valence-corrected chi connectivity index (χ2v) is 4.22. The van der Waals surface area contributed by atoms with Crippen molar-refractivity contribution < 1.29 is 14.9 Å². The normalized spacial score (nSPS) is 20.6. The number of hydrogen-bond donors (Lipinski definition) is 2. The Bertz CT molecular complexity index is 384. The molecule has 1 fully saturated rings. The highest BCUT2D eigenvalue weighted by Gasteiger charge is 2.24. The van der Waals surface area contributed by atoms with Crippen LogP contribution >= 0.6 is 0 Å². The van der Waals surface area contributed by atoms with Crippen LogP contribution in [-0.4, -0.2) is 47.6 Å². The highest BCUT2D eigenvalue weighted by Crippen LogP contribution is 2.24. The zero-order valence-electron chi connectivity index (χ0n) is 9.96. The molecule has 0 bridgehead atoms. The molecule has 0 aliphatic carbocycles. The first-order valence-corrected chi connectivity index (χ1v) is 5.78. The Morgan fingerprint density at radius 1 is 1.53 bits per heavy atom. The van der Waals surface area contributed by atoms with E-state index in [2.05, 4.69) is 9.88 Å². The van der Waals surface area contributed by atoms with Gasteiger partial charge in [-0.2, -0.15) is 0 Å². The summed E-state index contributed by atoms with van der Waals surface area (Å²) in [4.78, 5) is 6.26. The molecule has 0 aromatic carbocycles. The van der Waals surface area contributed by atoms with Crippen molar-refractivity contribution in [2.45, 2.75) is 19.6 Å². The van der Waals surface area contributed by atoms with Crippen LogP contribution in [0.15, 0.2) is 12.3 Å². The molecule has 1 aliphatic rings. The molecule has 1 aliphatic heterocycles. The minimum atomic E-state index is -0.0455. The Morgan fingerprint density at radius 3 is 3.06 bits per heavy atom. The van der Waals surface area contributed by atoms with E-state index in [4.69, 9.17) is 4.74 Å². The van der Waals surface area contributed by atoms with Crippen molar-refractivity contribution in [3.63, 3.8) is 0 Å². The van der Waals surface area contributed by atoms with Gasteiger partial charge in [0.25, 0.3) is 0 Å². The predicted octanol–water partition coefficient (Wildman–Crippen LogP) is 0.0798. The summed E-state index contributed by atoms with van der Waals surface area (Å²) in [5.74, 6) is 0. The lowest BCUT2D eigenvalue weighted by Crippen LogP contribution is -2.48. The van der Waals surface area contributed by atoms with Crippen LogP contribution in [0, 0.1) is 6.92 Å². The van der Waals surface area contributed by atoms with Crippen LogP contribution in [0.5, 0.6) is 0 Å². The molecule has 2 rings (SSSR count). The summed E-state index contributed by atoms with van der Waals surface area (Å²) in [6, 6.07) is 1.90. The van der Waals surface area contributed by atoms with E-state index in [1.807, 2.05) is 13.0 Å². The molecule has 1 unspecified atom stereocenters. The topological polar surface area (TPSA) is 65.8 Å². The maximum atomic E-state index is 9.36. The molecule has 5 nitrogen and oxygen atoms in total. The van der Waals surface area contributed by atoms with E-state index in [0.29, 0.717) is 13.2 Å². The van der Waals surface area contributed by atoms with Gasteiger partial charge in [-0.3, -0.25) is 4.98 Å². The number of anilines is 1. The van der Waals surface area contributed by atoms with Crippen LogP contribution in [0.4, 0.5) is 5.69 Å². The molecule has 1 aromatic heterocycles. The number of pyridine rings is 1. The van der Waals surface area contributed by atoms with Crippen LogP contribution in [0.3, 0.4) is 0 Å². The number of aliphatic hydroxyl groups excluding tert-OH is 2. The van der Waals surface area contributed by atoms with Crippen LogP contribution in [0.2, 0.25) is 0 Å². The quantitative estimate of drug-likeness (QED) is 0.780. The third kappa shape index (κ3) is 2.57. The first kappa shape index (κ1) is 12.3. The lowest BCUT2D eigenvalue weighted by molar-refractivity contribution is 0.0724. The molecule has 94 valence electrons. The third-order valence-electron chi connectivity index (χ3n) is 3.02. The van der Waals surface area contributed by atoms with Gasteiger partial charge in [0.1, 0.15) is 0 Å². The molecule has 0 saturated carbocycles. The standard InChI is InChI=1S/C12H18N2O3/c1-9-4-12(10(6-15)5-13-9)14-2-3-17-8-11(14)7-16/h4-5,11,15-16H,2-3,6-8H2,1H3. The fourth-order valence-corrected chi connectivity index (χ4v) is 2.09. The summed E-state index contributed by atoms with van der Waals surface area (Å²) in [5.41, 5.74) is 2.64. The molecule has 1 saturated heterocycles. The number of rotatable bonds is 3. The van der Waals surface area contributed by atoms with E-state index in [1.165, 1.54) is 0 Å². The van der Waals surface area contributed by atoms with Gasteiger partial charge in [0.05, 0.1) is 32.5 Å². The number of ether oxygens (including phenoxy) is 1. The number of aryl methyl sites for hydroxylation is 1. The Balaban J connectivity index is 2.33. The molecule has 17 heavy (non-hydrogen) atoms. The number of nitrogens with zero attached hydrogens (tertiary/aromatic N) is 2. The van der Waals surface area contributed by atoms with Gasteiger partial charge >= 0.3 is 0 Å². The van der Waals surface area contributed by atoms with Gasteiger partial charge in [0.15, 0.2) is 0 Å². The Morgan fingerprint density at radius 2 is 2.35 bits per heavy atom. The highest BCUT2D eigenvalue weighted by atomic mass is 16.5. The molecule has 1 atom stereocenters. The summed E-state index contributed by atoms with van der Waals surface area (Å²) in [7, 11) is 0. The van der Waals surface area contributed by atoms with E-state index in [-0.39, 0.29) is 19.3 Å². The zero-order valence-corrected chi connectivity index (χ0v) is 9.96. The van der Waals surface area contributed by atoms with E-state index in [0.717, 1.165) is 23.5 Å². The fraction of sp³-hybridized carbons (Fsp3) is 0.583. The van der Waals surface area contributed by atoms with Gasteiger partial charge in [-0.15, -0.1) is 0 Å². The van der Waals surface area contributed by atoms with Crippen LogP contribution in [0.25, 0.3) is 0 Å². The fourth-order valence-electron chi connectivity index (χ4n) is 2.09. The molecular weight excluding hydrogens is 220 g/mol. The van der Waals surface area contributed by atoms with Gasteiger partial charge in [0, 0.05) is 29.7 Å². The second-order valence-electron chi connectivity index (χ2n) is 4.22. The summed E-state index contributed by atoms with van der Waals surface area (Å²) in [6.45, 7) is 3.80. The molecule has 0 radical (unpaired) electrons. The number of hydrogen-bond acceptors (Lipinski definition) is 5. The van der Waals surface area contributed by atoms with Gasteiger partial charge in [-0.1, -0.05) is 0 Å².